The Hall–Kier alpha value is -7.24. The van der Waals surface area contributed by atoms with E-state index < -0.39 is 70.7 Å². The largest absolute Gasteiger partial charge is 0.444 e. The number of carbonyl (C=O) groups excluding carboxylic acids is 7. The molecule has 3 aromatic rings. The highest BCUT2D eigenvalue weighted by molar-refractivity contribution is 6.23. The van der Waals surface area contributed by atoms with Gasteiger partial charge >= 0.3 is 6.09 Å². The summed E-state index contributed by atoms with van der Waals surface area (Å²) in [5.41, 5.74) is -0.588. The van der Waals surface area contributed by atoms with Crippen LogP contribution in [0.4, 0.5) is 4.79 Å². The summed E-state index contributed by atoms with van der Waals surface area (Å²) < 4.78 is 23.2. The van der Waals surface area contributed by atoms with Gasteiger partial charge in [0.2, 0.25) is 11.8 Å². The number of allylic oxidation sites excluding steroid dienone is 2. The molecule has 22 nitrogen and oxygen atoms in total. The number of hydrogen-bond donors (Lipinski definition) is 8. The van der Waals surface area contributed by atoms with Crippen LogP contribution in [0.1, 0.15) is 78.4 Å². The molecule has 76 heavy (non-hydrogen) atoms. The molecule has 8 rings (SSSR count). The number of benzene rings is 2. The van der Waals surface area contributed by atoms with E-state index in [1.54, 1.807) is 45.0 Å². The zero-order valence-corrected chi connectivity index (χ0v) is 43.4. The van der Waals surface area contributed by atoms with E-state index in [0.29, 0.717) is 50.9 Å². The number of alkyl carbamates (subject to hydrolysis) is 1. The number of nitrogens with zero attached hydrogens (tertiary/aromatic N) is 1. The van der Waals surface area contributed by atoms with Crippen LogP contribution in [0.5, 0.6) is 0 Å². The molecule has 5 heterocycles. The summed E-state index contributed by atoms with van der Waals surface area (Å²) in [6, 6.07) is 18.5. The molecule has 0 saturated carbocycles. The molecule has 410 valence electrons. The number of aromatic nitrogens is 1. The molecule has 1 aromatic heterocycles. The summed E-state index contributed by atoms with van der Waals surface area (Å²) >= 11 is 0. The van der Waals surface area contributed by atoms with Crippen molar-refractivity contribution in [3.05, 3.63) is 129 Å². The molecule has 22 heteroatoms. The molecule has 6 amide bonds. The number of ketones is 1. The fraction of sp³-hybridized carbons (Fsp3) is 0.481. The molecule has 2 aromatic carbocycles. The second kappa shape index (κ2) is 29.7. The van der Waals surface area contributed by atoms with Gasteiger partial charge in [-0.2, -0.15) is 0 Å². The van der Waals surface area contributed by atoms with Crippen molar-refractivity contribution in [1.82, 2.24) is 47.3 Å². The summed E-state index contributed by atoms with van der Waals surface area (Å²) in [6.07, 6.45) is 4.15. The van der Waals surface area contributed by atoms with Gasteiger partial charge in [-0.25, -0.2) is 4.79 Å². The lowest BCUT2D eigenvalue weighted by Crippen LogP contribution is -2.53. The van der Waals surface area contributed by atoms with Gasteiger partial charge in [0.05, 0.1) is 69.3 Å². The first-order valence-electron chi connectivity index (χ1n) is 25.7. The standard InChI is InChI=1S/C54H71N9O13/c1-54(2,3)76-53(71)60-28-30-72-29-27-59-50(68)42-17-10-22-55-23-11-25-57-47(65)39-19-18-38(41(46(39)64)33-73-31-36-13-6-4-7-14-36)49(67)61-43-34-74-35-44(43)62-51(69)45-21-20-40(48(66)58-26-12-24-56-42)52(70)63(45)75-32-37-15-8-5-9-16-37/h4-9,13-16,18-21,41-44,55-56H,10-12,17,22-35H2,1-3H3,(H,57,65)(H,58,66)(H,59,68)(H,60,71)(H,61,67)(H,62,69)/t41?,42?,43-,44+/m1/s1. The lowest BCUT2D eigenvalue weighted by Gasteiger charge is -2.26. The van der Waals surface area contributed by atoms with Crippen LogP contribution in [0.15, 0.2) is 101 Å². The Morgan fingerprint density at radius 1 is 0.684 bits per heavy atom. The Balaban J connectivity index is 1.16. The van der Waals surface area contributed by atoms with Crippen molar-refractivity contribution >= 4 is 41.4 Å². The van der Waals surface area contributed by atoms with Crippen LogP contribution in [-0.2, 0) is 51.3 Å². The maximum atomic E-state index is 14.1. The van der Waals surface area contributed by atoms with Crippen molar-refractivity contribution in [3.8, 4) is 0 Å². The molecule has 5 aliphatic rings. The Morgan fingerprint density at radius 3 is 2.01 bits per heavy atom. The van der Waals surface area contributed by atoms with Gasteiger partial charge in [0.25, 0.3) is 23.3 Å². The maximum absolute atomic E-state index is 14.1. The van der Waals surface area contributed by atoms with Crippen molar-refractivity contribution in [3.63, 3.8) is 0 Å². The highest BCUT2D eigenvalue weighted by atomic mass is 16.7. The number of rotatable bonds is 14. The minimum Gasteiger partial charge on any atom is -0.444 e. The minimum absolute atomic E-state index is 0.000122. The fourth-order valence-corrected chi connectivity index (χ4v) is 8.26. The quantitative estimate of drug-likeness (QED) is 0.0826. The smallest absolute Gasteiger partial charge is 0.407 e. The zero-order chi connectivity index (χ0) is 54.3. The van der Waals surface area contributed by atoms with E-state index in [-0.39, 0.29) is 101 Å². The number of fused-ring (bicyclic) bond motifs is 2. The third-order valence-corrected chi connectivity index (χ3v) is 12.2. The van der Waals surface area contributed by atoms with Gasteiger partial charge in [0.15, 0.2) is 5.78 Å². The Labute approximate surface area is 441 Å². The van der Waals surface area contributed by atoms with Crippen LogP contribution in [0.25, 0.3) is 0 Å². The highest BCUT2D eigenvalue weighted by Gasteiger charge is 2.38. The number of amides is 6. The van der Waals surface area contributed by atoms with Gasteiger partial charge in [-0.15, -0.1) is 4.73 Å². The van der Waals surface area contributed by atoms with Crippen molar-refractivity contribution in [2.24, 2.45) is 5.92 Å². The number of hydrogen-bond acceptors (Lipinski definition) is 15. The molecule has 4 bridgehead atoms. The molecule has 0 radical (unpaired) electrons. The first-order chi connectivity index (χ1) is 36.7. The SMILES string of the molecule is CC(C)(C)OC(=O)NCCOCCNC(=O)C1CCCNCCCNC(=O)C2=CC=C(C(=O)N[C@@H]3COC[C@@H]3NC(=O)c3ccc(c(=O)n3OCc3ccccc3)C(=O)NCCCN1)C(COCc1ccccc1)C2=O. The van der Waals surface area contributed by atoms with E-state index in [4.69, 9.17) is 23.8 Å². The highest BCUT2D eigenvalue weighted by Crippen LogP contribution is 2.25. The first kappa shape index (κ1) is 58.0. The monoisotopic (exact) mass is 1050 g/mol. The molecule has 1 saturated heterocycles. The summed E-state index contributed by atoms with van der Waals surface area (Å²) in [7, 11) is 0. The average Bonchev–Trinajstić information content (AvgIpc) is 3.83. The molecule has 4 aliphatic heterocycles. The molecular formula is C54H71N9O13. The Morgan fingerprint density at radius 2 is 1.32 bits per heavy atom. The van der Waals surface area contributed by atoms with Crippen LogP contribution in [0, 0.1) is 5.92 Å². The van der Waals surface area contributed by atoms with E-state index in [2.05, 4.69) is 42.5 Å². The van der Waals surface area contributed by atoms with Crippen LogP contribution < -0.4 is 52.9 Å². The first-order valence-corrected chi connectivity index (χ1v) is 25.7. The topological polar surface area (TPSA) is 284 Å². The van der Waals surface area contributed by atoms with Crippen molar-refractivity contribution in [2.75, 3.05) is 78.8 Å². The van der Waals surface area contributed by atoms with Gasteiger partial charge in [-0.3, -0.25) is 33.6 Å². The van der Waals surface area contributed by atoms with Crippen LogP contribution in [0.2, 0.25) is 0 Å². The zero-order valence-electron chi connectivity index (χ0n) is 43.4. The Kier molecular flexibility index (Phi) is 22.7. The number of Topliss-reactive ketones (excluding diaryl/α,β-unsaturated/α-hetero) is 1. The van der Waals surface area contributed by atoms with E-state index in [1.807, 2.05) is 36.4 Å². The molecule has 0 spiro atoms. The summed E-state index contributed by atoms with van der Waals surface area (Å²) in [6.45, 7) is 7.73. The van der Waals surface area contributed by atoms with Gasteiger partial charge in [-0.05, 0) is 95.4 Å². The number of ether oxygens (including phenoxy) is 4. The number of nitrogens with one attached hydrogen (secondary N) is 8. The average molecular weight is 1050 g/mol. The third kappa shape index (κ3) is 18.3. The van der Waals surface area contributed by atoms with E-state index in [0.717, 1.165) is 10.3 Å². The van der Waals surface area contributed by atoms with Crippen LogP contribution in [-0.4, -0.2) is 149 Å². The van der Waals surface area contributed by atoms with Gasteiger partial charge in [0, 0.05) is 31.8 Å². The molecule has 1 aliphatic carbocycles. The minimum atomic E-state index is -1.15. The molecule has 1 fully saturated rings. The summed E-state index contributed by atoms with van der Waals surface area (Å²) in [4.78, 5) is 115. The lowest BCUT2D eigenvalue weighted by molar-refractivity contribution is -0.128. The molecule has 4 atom stereocenters. The third-order valence-electron chi connectivity index (χ3n) is 12.2. The predicted molar refractivity (Wildman–Crippen MR) is 279 cm³/mol. The van der Waals surface area contributed by atoms with Crippen LogP contribution >= 0.6 is 0 Å². The fourth-order valence-electron chi connectivity index (χ4n) is 8.26. The molecular weight excluding hydrogens is 983 g/mol. The van der Waals surface area contributed by atoms with E-state index >= 15 is 0 Å². The normalized spacial score (nSPS) is 20.6. The predicted octanol–water partition coefficient (Wildman–Crippen LogP) is 0.984. The Bertz CT molecular complexity index is 2580. The summed E-state index contributed by atoms with van der Waals surface area (Å²) in [5, 5.41) is 23.4. The summed E-state index contributed by atoms with van der Waals surface area (Å²) in [5.74, 6) is -4.70. The molecule has 8 N–H and O–H groups in total. The number of carbonyl (C=O) groups is 7. The lowest BCUT2D eigenvalue weighted by atomic mass is 9.85. The van der Waals surface area contributed by atoms with Crippen molar-refractivity contribution in [2.45, 2.75) is 83.4 Å². The van der Waals surface area contributed by atoms with Gasteiger partial charge in [-0.1, -0.05) is 66.7 Å². The molecule has 2 unspecified atom stereocenters. The van der Waals surface area contributed by atoms with E-state index in [9.17, 15) is 38.4 Å². The van der Waals surface area contributed by atoms with E-state index in [1.165, 1.54) is 24.3 Å². The second-order valence-electron chi connectivity index (χ2n) is 19.3. The van der Waals surface area contributed by atoms with Crippen LogP contribution in [0.3, 0.4) is 0 Å². The number of pyridine rings is 1. The van der Waals surface area contributed by atoms with Gasteiger partial charge < -0.3 is 66.3 Å². The maximum Gasteiger partial charge on any atom is 0.407 e. The van der Waals surface area contributed by atoms with Crippen molar-refractivity contribution in [1.29, 1.82) is 0 Å². The van der Waals surface area contributed by atoms with Gasteiger partial charge in [0.1, 0.15) is 23.5 Å². The van der Waals surface area contributed by atoms with Crippen molar-refractivity contribution < 1.29 is 57.3 Å². The second-order valence-corrected chi connectivity index (χ2v) is 19.3.